The molecular formula is C14H27N3O2. The van der Waals surface area contributed by atoms with Gasteiger partial charge in [0, 0.05) is 12.6 Å². The van der Waals surface area contributed by atoms with Crippen LogP contribution in [-0.4, -0.2) is 29.3 Å². The van der Waals surface area contributed by atoms with Gasteiger partial charge in [-0.2, -0.15) is 4.98 Å². The number of ether oxygens (including phenoxy) is 1. The van der Waals surface area contributed by atoms with Crippen molar-refractivity contribution in [3.05, 3.63) is 11.7 Å². The summed E-state index contributed by atoms with van der Waals surface area (Å²) < 4.78 is 11.0. The van der Waals surface area contributed by atoms with Crippen molar-refractivity contribution >= 4 is 0 Å². The van der Waals surface area contributed by atoms with Crippen molar-refractivity contribution < 1.29 is 9.26 Å². The highest BCUT2D eigenvalue weighted by atomic mass is 16.5. The fourth-order valence-electron chi connectivity index (χ4n) is 2.20. The molecular weight excluding hydrogens is 242 g/mol. The van der Waals surface area contributed by atoms with Gasteiger partial charge in [-0.05, 0) is 33.7 Å². The minimum atomic E-state index is -0.504. The van der Waals surface area contributed by atoms with Crippen LogP contribution in [0.25, 0.3) is 0 Å². The van der Waals surface area contributed by atoms with Crippen molar-refractivity contribution in [3.8, 4) is 0 Å². The maximum atomic E-state index is 5.64. The molecule has 0 saturated carbocycles. The Bertz CT molecular complexity index is 377. The van der Waals surface area contributed by atoms with Gasteiger partial charge in [-0.3, -0.25) is 0 Å². The molecule has 1 aromatic rings. The molecule has 1 heterocycles. The summed E-state index contributed by atoms with van der Waals surface area (Å²) in [6.07, 6.45) is 1.03. The van der Waals surface area contributed by atoms with Crippen LogP contribution < -0.4 is 5.32 Å². The maximum Gasteiger partial charge on any atom is 0.231 e. The Hall–Kier alpha value is -0.940. The first-order valence-electron chi connectivity index (χ1n) is 7.17. The van der Waals surface area contributed by atoms with Crippen molar-refractivity contribution in [3.63, 3.8) is 0 Å². The van der Waals surface area contributed by atoms with Crippen LogP contribution in [0.15, 0.2) is 4.52 Å². The van der Waals surface area contributed by atoms with E-state index in [9.17, 15) is 0 Å². The first kappa shape index (κ1) is 16.1. The van der Waals surface area contributed by atoms with Crippen LogP contribution in [0.1, 0.15) is 65.6 Å². The Labute approximate surface area is 116 Å². The van der Waals surface area contributed by atoms with Crippen LogP contribution in [0.2, 0.25) is 0 Å². The quantitative estimate of drug-likeness (QED) is 0.786. The van der Waals surface area contributed by atoms with Crippen LogP contribution in [0.5, 0.6) is 0 Å². The van der Waals surface area contributed by atoms with Crippen molar-refractivity contribution in [1.29, 1.82) is 0 Å². The molecule has 1 aromatic heterocycles. The van der Waals surface area contributed by atoms with E-state index in [1.165, 1.54) is 0 Å². The molecule has 0 aliphatic carbocycles. The Morgan fingerprint density at radius 3 is 2.53 bits per heavy atom. The van der Waals surface area contributed by atoms with Gasteiger partial charge in [0.05, 0.1) is 5.92 Å². The number of nitrogens with one attached hydrogen (secondary N) is 1. The molecule has 0 amide bonds. The number of hydrogen-bond donors (Lipinski definition) is 1. The summed E-state index contributed by atoms with van der Waals surface area (Å²) in [7, 11) is 0. The van der Waals surface area contributed by atoms with Crippen LogP contribution in [-0.2, 0) is 10.3 Å². The molecule has 0 saturated heterocycles. The molecule has 2 atom stereocenters. The fourth-order valence-corrected chi connectivity index (χ4v) is 2.20. The lowest BCUT2D eigenvalue weighted by atomic mass is 9.99. The summed E-state index contributed by atoms with van der Waals surface area (Å²) >= 11 is 0. The average Bonchev–Trinajstić information content (AvgIpc) is 2.85. The summed E-state index contributed by atoms with van der Waals surface area (Å²) in [5.41, 5.74) is -0.504. The minimum absolute atomic E-state index is 0.198. The van der Waals surface area contributed by atoms with Gasteiger partial charge in [0.15, 0.2) is 0 Å². The van der Waals surface area contributed by atoms with E-state index in [0.717, 1.165) is 13.0 Å². The van der Waals surface area contributed by atoms with Crippen LogP contribution in [0, 0.1) is 0 Å². The lowest BCUT2D eigenvalue weighted by molar-refractivity contribution is -0.0221. The van der Waals surface area contributed by atoms with Gasteiger partial charge in [0.2, 0.25) is 11.7 Å². The molecule has 1 rings (SSSR count). The standard InChI is InChI=1S/C14H27N3O2/c1-7-11(15-8-2)10(4)12-16-13(17-19-12)14(5,6)18-9-3/h10-11,15H,7-9H2,1-6H3. The third-order valence-corrected chi connectivity index (χ3v) is 3.38. The number of hydrogen-bond acceptors (Lipinski definition) is 5. The summed E-state index contributed by atoms with van der Waals surface area (Å²) in [5.74, 6) is 1.49. The molecule has 1 N–H and O–H groups in total. The van der Waals surface area contributed by atoms with E-state index in [4.69, 9.17) is 9.26 Å². The number of likely N-dealkylation sites (N-methyl/N-ethyl adjacent to an activating group) is 1. The van der Waals surface area contributed by atoms with E-state index in [0.29, 0.717) is 24.4 Å². The first-order chi connectivity index (χ1) is 8.96. The minimum Gasteiger partial charge on any atom is -0.368 e. The molecule has 110 valence electrons. The van der Waals surface area contributed by atoms with Crippen molar-refractivity contribution in [1.82, 2.24) is 15.5 Å². The smallest absolute Gasteiger partial charge is 0.231 e. The second-order valence-electron chi connectivity index (χ2n) is 5.26. The lowest BCUT2D eigenvalue weighted by Crippen LogP contribution is -2.33. The maximum absolute atomic E-state index is 5.64. The zero-order valence-corrected chi connectivity index (χ0v) is 13.0. The average molecular weight is 269 g/mol. The molecule has 19 heavy (non-hydrogen) atoms. The summed E-state index contributed by atoms with van der Waals surface area (Å²) in [6.45, 7) is 13.8. The molecule has 5 heteroatoms. The summed E-state index contributed by atoms with van der Waals surface area (Å²) in [4.78, 5) is 4.51. The summed E-state index contributed by atoms with van der Waals surface area (Å²) in [5, 5.41) is 7.51. The molecule has 0 aliphatic rings. The van der Waals surface area contributed by atoms with Crippen LogP contribution in [0.4, 0.5) is 0 Å². The molecule has 0 fully saturated rings. The van der Waals surface area contributed by atoms with E-state index in [-0.39, 0.29) is 5.92 Å². The Balaban J connectivity index is 2.83. The topological polar surface area (TPSA) is 60.2 Å². The van der Waals surface area contributed by atoms with E-state index in [2.05, 4.69) is 36.2 Å². The predicted octanol–water partition coefficient (Wildman–Crippen LogP) is 2.83. The number of rotatable bonds is 8. The van der Waals surface area contributed by atoms with Gasteiger partial charge < -0.3 is 14.6 Å². The molecule has 0 bridgehead atoms. The number of aromatic nitrogens is 2. The molecule has 0 spiro atoms. The monoisotopic (exact) mass is 269 g/mol. The largest absolute Gasteiger partial charge is 0.368 e. The highest BCUT2D eigenvalue weighted by molar-refractivity contribution is 5.02. The number of nitrogens with zero attached hydrogens (tertiary/aromatic N) is 2. The SMILES string of the molecule is CCNC(CC)C(C)c1nc(C(C)(C)OCC)no1. The van der Waals surface area contributed by atoms with E-state index >= 15 is 0 Å². The predicted molar refractivity (Wildman–Crippen MR) is 75.1 cm³/mol. The first-order valence-corrected chi connectivity index (χ1v) is 7.17. The second-order valence-corrected chi connectivity index (χ2v) is 5.26. The Kier molecular flexibility index (Phi) is 5.94. The molecule has 0 aromatic carbocycles. The van der Waals surface area contributed by atoms with E-state index in [1.807, 2.05) is 20.8 Å². The van der Waals surface area contributed by atoms with Crippen molar-refractivity contribution in [2.24, 2.45) is 0 Å². The molecule has 0 aliphatic heterocycles. The van der Waals surface area contributed by atoms with E-state index < -0.39 is 5.60 Å². The van der Waals surface area contributed by atoms with Crippen molar-refractivity contribution in [2.45, 2.75) is 65.5 Å². The van der Waals surface area contributed by atoms with Gasteiger partial charge in [-0.25, -0.2) is 0 Å². The fraction of sp³-hybridized carbons (Fsp3) is 0.857. The highest BCUT2D eigenvalue weighted by Crippen LogP contribution is 2.25. The Morgan fingerprint density at radius 1 is 1.32 bits per heavy atom. The van der Waals surface area contributed by atoms with Gasteiger partial charge in [0.1, 0.15) is 5.60 Å². The zero-order valence-electron chi connectivity index (χ0n) is 13.0. The zero-order chi connectivity index (χ0) is 14.5. The summed E-state index contributed by atoms with van der Waals surface area (Å²) in [6, 6.07) is 0.355. The third-order valence-electron chi connectivity index (χ3n) is 3.38. The van der Waals surface area contributed by atoms with Gasteiger partial charge in [0.25, 0.3) is 0 Å². The lowest BCUT2D eigenvalue weighted by Gasteiger charge is -2.21. The Morgan fingerprint density at radius 2 is 2.00 bits per heavy atom. The molecule has 5 nitrogen and oxygen atoms in total. The van der Waals surface area contributed by atoms with Gasteiger partial charge in [-0.15, -0.1) is 0 Å². The molecule has 0 radical (unpaired) electrons. The van der Waals surface area contributed by atoms with E-state index in [1.54, 1.807) is 0 Å². The van der Waals surface area contributed by atoms with Crippen molar-refractivity contribution in [2.75, 3.05) is 13.2 Å². The van der Waals surface area contributed by atoms with Crippen LogP contribution in [0.3, 0.4) is 0 Å². The second kappa shape index (κ2) is 7.01. The van der Waals surface area contributed by atoms with Gasteiger partial charge >= 0.3 is 0 Å². The normalized spacial score (nSPS) is 15.5. The molecule has 2 unspecified atom stereocenters. The third kappa shape index (κ3) is 4.01. The van der Waals surface area contributed by atoms with Crippen LogP contribution >= 0.6 is 0 Å². The highest BCUT2D eigenvalue weighted by Gasteiger charge is 2.29. The van der Waals surface area contributed by atoms with Gasteiger partial charge in [-0.1, -0.05) is 25.9 Å².